The first kappa shape index (κ1) is 17.5. The molecule has 1 heterocycles. The Labute approximate surface area is 146 Å². The zero-order valence-electron chi connectivity index (χ0n) is 15.2. The molecule has 1 aromatic carbocycles. The topological polar surface area (TPSA) is 29.5 Å². The van der Waals surface area contributed by atoms with Crippen LogP contribution in [0.1, 0.15) is 57.9 Å². The number of carbonyl (C=O) groups excluding carboxylic acids is 1. The predicted molar refractivity (Wildman–Crippen MR) is 96.6 cm³/mol. The van der Waals surface area contributed by atoms with Gasteiger partial charge in [-0.25, -0.2) is 0 Å². The Kier molecular flexibility index (Phi) is 5.60. The summed E-state index contributed by atoms with van der Waals surface area (Å²) < 4.78 is 6.00. The number of benzene rings is 1. The molecule has 2 aliphatic rings. The number of carbonyl (C=O) groups is 1. The maximum Gasteiger partial charge on any atom is 0.225 e. The van der Waals surface area contributed by atoms with Gasteiger partial charge in [-0.3, -0.25) is 4.79 Å². The van der Waals surface area contributed by atoms with Gasteiger partial charge in [0.1, 0.15) is 0 Å². The normalized spacial score (nSPS) is 23.1. The molecule has 0 N–H and O–H groups in total. The van der Waals surface area contributed by atoms with Crippen LogP contribution in [0.25, 0.3) is 0 Å². The van der Waals surface area contributed by atoms with Crippen LogP contribution in [0.2, 0.25) is 0 Å². The third-order valence-corrected chi connectivity index (χ3v) is 5.73. The summed E-state index contributed by atoms with van der Waals surface area (Å²) >= 11 is 0. The van der Waals surface area contributed by atoms with Crippen LogP contribution < -0.4 is 0 Å². The Morgan fingerprint density at radius 2 is 1.92 bits per heavy atom. The lowest BCUT2D eigenvalue weighted by Gasteiger charge is -2.33. The summed E-state index contributed by atoms with van der Waals surface area (Å²) in [6.45, 7) is 6.26. The highest BCUT2D eigenvalue weighted by Gasteiger charge is 2.46. The standard InChI is InChI=1S/C21H31NO2/c1-17(2)20(23)22-16-21(11-7-4-8-12-21)13-19(22)15-24-14-18-9-5-3-6-10-18/h3,5-6,9-10,17,19H,4,7-8,11-16H2,1-2H3/t19-/m1/s1. The highest BCUT2D eigenvalue weighted by molar-refractivity contribution is 5.78. The monoisotopic (exact) mass is 329 g/mol. The zero-order chi connectivity index (χ0) is 17.0. The highest BCUT2D eigenvalue weighted by atomic mass is 16.5. The van der Waals surface area contributed by atoms with Crippen LogP contribution in [0.4, 0.5) is 0 Å². The number of ether oxygens (including phenoxy) is 1. The molecular weight excluding hydrogens is 298 g/mol. The van der Waals surface area contributed by atoms with Crippen molar-refractivity contribution in [1.82, 2.24) is 4.90 Å². The van der Waals surface area contributed by atoms with Crippen LogP contribution in [0.3, 0.4) is 0 Å². The maximum atomic E-state index is 12.7. The van der Waals surface area contributed by atoms with Crippen LogP contribution in [-0.2, 0) is 16.1 Å². The van der Waals surface area contributed by atoms with Gasteiger partial charge in [0.2, 0.25) is 5.91 Å². The molecule has 1 atom stereocenters. The van der Waals surface area contributed by atoms with E-state index in [0.717, 1.165) is 13.0 Å². The van der Waals surface area contributed by atoms with Gasteiger partial charge in [-0.1, -0.05) is 63.4 Å². The fourth-order valence-corrected chi connectivity index (χ4v) is 4.45. The lowest BCUT2D eigenvalue weighted by Crippen LogP contribution is -2.41. The molecule has 1 saturated heterocycles. The van der Waals surface area contributed by atoms with Gasteiger partial charge in [0.15, 0.2) is 0 Å². The Hall–Kier alpha value is -1.35. The number of rotatable bonds is 5. The third-order valence-electron chi connectivity index (χ3n) is 5.73. The van der Waals surface area contributed by atoms with Gasteiger partial charge in [-0.15, -0.1) is 0 Å². The highest BCUT2D eigenvalue weighted by Crippen LogP contribution is 2.46. The SMILES string of the molecule is CC(C)C(=O)N1CC2(CCCCC2)C[C@@H]1COCc1ccccc1. The summed E-state index contributed by atoms with van der Waals surface area (Å²) in [6, 6.07) is 10.5. The molecular formula is C21H31NO2. The summed E-state index contributed by atoms with van der Waals surface area (Å²) in [5, 5.41) is 0. The van der Waals surface area contributed by atoms with Gasteiger partial charge in [0.25, 0.3) is 0 Å². The van der Waals surface area contributed by atoms with E-state index in [-0.39, 0.29) is 12.0 Å². The van der Waals surface area contributed by atoms with E-state index in [1.165, 1.54) is 37.7 Å². The molecule has 1 saturated carbocycles. The van der Waals surface area contributed by atoms with Gasteiger partial charge in [0.05, 0.1) is 19.3 Å². The van der Waals surface area contributed by atoms with Crippen LogP contribution in [0.15, 0.2) is 30.3 Å². The maximum absolute atomic E-state index is 12.7. The number of nitrogens with zero attached hydrogens (tertiary/aromatic N) is 1. The fourth-order valence-electron chi connectivity index (χ4n) is 4.45. The lowest BCUT2D eigenvalue weighted by molar-refractivity contribution is -0.136. The van der Waals surface area contributed by atoms with Crippen molar-refractivity contribution >= 4 is 5.91 Å². The van der Waals surface area contributed by atoms with Crippen LogP contribution in [0, 0.1) is 11.3 Å². The van der Waals surface area contributed by atoms with E-state index in [4.69, 9.17) is 4.74 Å². The zero-order valence-corrected chi connectivity index (χ0v) is 15.2. The molecule has 24 heavy (non-hydrogen) atoms. The minimum atomic E-state index is 0.0698. The van der Waals surface area contributed by atoms with Crippen molar-refractivity contribution < 1.29 is 9.53 Å². The van der Waals surface area contributed by atoms with Gasteiger partial charge in [-0.2, -0.15) is 0 Å². The summed E-state index contributed by atoms with van der Waals surface area (Å²) in [6.07, 6.45) is 7.69. The van der Waals surface area contributed by atoms with E-state index in [1.54, 1.807) is 0 Å². The minimum Gasteiger partial charge on any atom is -0.375 e. The van der Waals surface area contributed by atoms with E-state index < -0.39 is 0 Å². The Bertz CT molecular complexity index is 534. The molecule has 3 heteroatoms. The number of amides is 1. The number of hydrogen-bond acceptors (Lipinski definition) is 2. The molecule has 1 amide bonds. The van der Waals surface area contributed by atoms with Gasteiger partial charge < -0.3 is 9.64 Å². The Morgan fingerprint density at radius 1 is 1.21 bits per heavy atom. The van der Waals surface area contributed by atoms with E-state index in [0.29, 0.717) is 24.5 Å². The summed E-state index contributed by atoms with van der Waals surface area (Å²) in [5.41, 5.74) is 1.56. The van der Waals surface area contributed by atoms with Crippen molar-refractivity contribution in [1.29, 1.82) is 0 Å². The third kappa shape index (κ3) is 4.00. The first-order valence-corrected chi connectivity index (χ1v) is 9.52. The van der Waals surface area contributed by atoms with Crippen molar-refractivity contribution in [2.24, 2.45) is 11.3 Å². The fraction of sp³-hybridized carbons (Fsp3) is 0.667. The van der Waals surface area contributed by atoms with Crippen molar-refractivity contribution in [2.45, 2.75) is 65.0 Å². The molecule has 0 unspecified atom stereocenters. The van der Waals surface area contributed by atoms with E-state index in [1.807, 2.05) is 32.0 Å². The molecule has 132 valence electrons. The average molecular weight is 329 g/mol. The van der Waals surface area contributed by atoms with E-state index in [2.05, 4.69) is 17.0 Å². The Balaban J connectivity index is 1.62. The van der Waals surface area contributed by atoms with Gasteiger partial charge >= 0.3 is 0 Å². The largest absolute Gasteiger partial charge is 0.375 e. The van der Waals surface area contributed by atoms with Crippen LogP contribution in [-0.4, -0.2) is 30.0 Å². The molecule has 0 bridgehead atoms. The lowest BCUT2D eigenvalue weighted by atomic mass is 9.73. The first-order chi connectivity index (χ1) is 11.6. The second-order valence-corrected chi connectivity index (χ2v) is 8.04. The van der Waals surface area contributed by atoms with Crippen molar-refractivity contribution in [3.8, 4) is 0 Å². The Morgan fingerprint density at radius 3 is 2.58 bits per heavy atom. The molecule has 1 spiro atoms. The average Bonchev–Trinajstić information content (AvgIpc) is 2.93. The first-order valence-electron chi connectivity index (χ1n) is 9.52. The summed E-state index contributed by atoms with van der Waals surface area (Å²) in [5.74, 6) is 0.367. The summed E-state index contributed by atoms with van der Waals surface area (Å²) in [7, 11) is 0. The molecule has 1 aromatic rings. The number of likely N-dealkylation sites (tertiary alicyclic amines) is 1. The van der Waals surface area contributed by atoms with E-state index >= 15 is 0 Å². The molecule has 1 aliphatic carbocycles. The smallest absolute Gasteiger partial charge is 0.225 e. The van der Waals surface area contributed by atoms with Gasteiger partial charge in [0, 0.05) is 12.5 Å². The van der Waals surface area contributed by atoms with E-state index in [9.17, 15) is 4.79 Å². The van der Waals surface area contributed by atoms with Crippen molar-refractivity contribution in [3.63, 3.8) is 0 Å². The molecule has 3 nitrogen and oxygen atoms in total. The molecule has 0 aromatic heterocycles. The van der Waals surface area contributed by atoms with Crippen molar-refractivity contribution in [2.75, 3.05) is 13.2 Å². The second kappa shape index (κ2) is 7.69. The molecule has 3 rings (SSSR count). The predicted octanol–water partition coefficient (Wildman–Crippen LogP) is 4.41. The minimum absolute atomic E-state index is 0.0698. The molecule has 2 fully saturated rings. The quantitative estimate of drug-likeness (QED) is 0.801. The van der Waals surface area contributed by atoms with Crippen LogP contribution >= 0.6 is 0 Å². The van der Waals surface area contributed by atoms with Gasteiger partial charge in [-0.05, 0) is 30.2 Å². The van der Waals surface area contributed by atoms with Crippen molar-refractivity contribution in [3.05, 3.63) is 35.9 Å². The summed E-state index contributed by atoms with van der Waals surface area (Å²) in [4.78, 5) is 14.8. The molecule has 0 radical (unpaired) electrons. The number of hydrogen-bond donors (Lipinski definition) is 0. The molecule has 1 aliphatic heterocycles. The van der Waals surface area contributed by atoms with Crippen LogP contribution in [0.5, 0.6) is 0 Å². The second-order valence-electron chi connectivity index (χ2n) is 8.04.